The Morgan fingerprint density at radius 3 is 2.20 bits per heavy atom. The highest BCUT2D eigenvalue weighted by Crippen LogP contribution is 2.31. The van der Waals surface area contributed by atoms with Crippen LogP contribution >= 0.6 is 0 Å². The van der Waals surface area contributed by atoms with E-state index in [-0.39, 0.29) is 0 Å². The van der Waals surface area contributed by atoms with Gasteiger partial charge in [0.25, 0.3) is 0 Å². The summed E-state index contributed by atoms with van der Waals surface area (Å²) in [6, 6.07) is 0. The minimum absolute atomic E-state index is 0.718. The van der Waals surface area contributed by atoms with Crippen LogP contribution in [0.1, 0.15) is 32.6 Å². The first-order chi connectivity index (χ1) is 4.70. The molecule has 0 heterocycles. The number of hydrogen-bond acceptors (Lipinski definition) is 0. The van der Waals surface area contributed by atoms with Crippen molar-refractivity contribution in [3.05, 3.63) is 19.1 Å². The van der Waals surface area contributed by atoms with Crippen LogP contribution in [0.15, 0.2) is 12.2 Å². The smallest absolute Gasteiger partial charge is 0.0953 e. The molecule has 0 amide bonds. The highest BCUT2D eigenvalue weighted by molar-refractivity contribution is 4.97. The lowest BCUT2D eigenvalue weighted by atomic mass is 9.80. The van der Waals surface area contributed by atoms with E-state index in [0.29, 0.717) is 0 Å². The van der Waals surface area contributed by atoms with E-state index in [4.69, 9.17) is 0 Å². The van der Waals surface area contributed by atoms with Crippen molar-refractivity contribution in [2.24, 2.45) is 11.8 Å². The van der Waals surface area contributed by atoms with Crippen molar-refractivity contribution in [3.63, 3.8) is 0 Å². The lowest BCUT2D eigenvalue weighted by Crippen LogP contribution is -2.12. The van der Waals surface area contributed by atoms with Gasteiger partial charge in [0.2, 0.25) is 0 Å². The van der Waals surface area contributed by atoms with Gasteiger partial charge in [0, 0.05) is 0 Å². The fraction of sp³-hybridized carbons (Fsp3) is 0.700. The van der Waals surface area contributed by atoms with E-state index in [1.54, 1.807) is 0 Å². The summed E-state index contributed by atoms with van der Waals surface area (Å²) in [5, 5.41) is 0. The first-order valence-electron chi connectivity index (χ1n) is 4.18. The third kappa shape index (κ3) is 1.80. The zero-order valence-corrected chi connectivity index (χ0v) is 6.90. The molecule has 0 aliphatic heterocycles. The Bertz CT molecular complexity index is 116. The van der Waals surface area contributed by atoms with Crippen LogP contribution in [0.2, 0.25) is 0 Å². The molecular weight excluding hydrogens is 120 g/mol. The Morgan fingerprint density at radius 2 is 1.80 bits per heavy atom. The van der Waals surface area contributed by atoms with Gasteiger partial charge in [0.15, 0.2) is 0 Å². The fourth-order valence-electron chi connectivity index (χ4n) is 1.66. The lowest BCUT2D eigenvalue weighted by Gasteiger charge is -2.22. The van der Waals surface area contributed by atoms with Crippen LogP contribution in [-0.2, 0) is 0 Å². The largest absolute Gasteiger partial charge is 0.0999 e. The Hall–Kier alpha value is -0.390. The van der Waals surface area contributed by atoms with Crippen molar-refractivity contribution in [3.8, 4) is 0 Å². The standard InChI is InChI=1S/C10H17/c1-8(2)10-6-4-9(3)5-7-10/h9-10H,1,3-7H2,2H3/q+1. The van der Waals surface area contributed by atoms with Crippen molar-refractivity contribution >= 4 is 0 Å². The number of hydrogen-bond donors (Lipinski definition) is 0. The molecule has 0 aromatic rings. The van der Waals surface area contributed by atoms with Crippen LogP contribution in [-0.4, -0.2) is 0 Å². The molecule has 10 heavy (non-hydrogen) atoms. The van der Waals surface area contributed by atoms with Gasteiger partial charge in [-0.1, -0.05) is 12.2 Å². The quantitative estimate of drug-likeness (QED) is 0.384. The molecule has 1 aliphatic carbocycles. The molecule has 1 rings (SSSR count). The molecule has 0 heteroatoms. The maximum atomic E-state index is 4.06. The third-order valence-corrected chi connectivity index (χ3v) is 2.54. The Labute approximate surface area is 64.3 Å². The van der Waals surface area contributed by atoms with Gasteiger partial charge in [-0.2, -0.15) is 0 Å². The molecule has 0 spiro atoms. The molecule has 1 aliphatic rings. The molecule has 0 radical (unpaired) electrons. The monoisotopic (exact) mass is 137 g/mol. The van der Waals surface area contributed by atoms with Crippen LogP contribution in [0.25, 0.3) is 0 Å². The van der Waals surface area contributed by atoms with E-state index in [1.807, 2.05) is 0 Å². The van der Waals surface area contributed by atoms with Crippen LogP contribution in [0.5, 0.6) is 0 Å². The molecule has 56 valence electrons. The van der Waals surface area contributed by atoms with Crippen molar-refractivity contribution in [1.82, 2.24) is 0 Å². The molecule has 0 unspecified atom stereocenters. The number of rotatable bonds is 1. The minimum atomic E-state index is 0.718. The predicted molar refractivity (Wildman–Crippen MR) is 45.6 cm³/mol. The van der Waals surface area contributed by atoms with E-state index < -0.39 is 0 Å². The lowest BCUT2D eigenvalue weighted by molar-refractivity contribution is 0.343. The van der Waals surface area contributed by atoms with Crippen LogP contribution < -0.4 is 0 Å². The summed E-state index contributed by atoms with van der Waals surface area (Å²) < 4.78 is 0. The van der Waals surface area contributed by atoms with Gasteiger partial charge < -0.3 is 0 Å². The summed E-state index contributed by atoms with van der Waals surface area (Å²) in [4.78, 5) is 0. The summed E-state index contributed by atoms with van der Waals surface area (Å²) in [6.07, 6.45) is 5.25. The van der Waals surface area contributed by atoms with Crippen molar-refractivity contribution < 1.29 is 0 Å². The number of allylic oxidation sites excluding steroid dienone is 1. The van der Waals surface area contributed by atoms with Gasteiger partial charge in [-0.3, -0.25) is 0 Å². The molecule has 0 atom stereocenters. The van der Waals surface area contributed by atoms with Gasteiger partial charge in [-0.25, -0.2) is 0 Å². The van der Waals surface area contributed by atoms with Gasteiger partial charge in [-0.15, -0.1) is 0 Å². The SMILES string of the molecule is C=C(C)C1CCC([CH2+])CC1. The summed E-state index contributed by atoms with van der Waals surface area (Å²) in [6.45, 7) is 10.2. The molecule has 1 saturated carbocycles. The molecule has 0 N–H and O–H groups in total. The topological polar surface area (TPSA) is 0 Å². The maximum absolute atomic E-state index is 4.06. The van der Waals surface area contributed by atoms with Crippen molar-refractivity contribution in [2.45, 2.75) is 32.6 Å². The molecule has 0 aromatic heterocycles. The normalized spacial score (nSPS) is 33.7. The second-order valence-electron chi connectivity index (χ2n) is 3.56. The van der Waals surface area contributed by atoms with E-state index in [1.165, 1.54) is 31.3 Å². The molecular formula is C10H17+. The van der Waals surface area contributed by atoms with E-state index in [2.05, 4.69) is 20.4 Å². The zero-order chi connectivity index (χ0) is 7.56. The second-order valence-corrected chi connectivity index (χ2v) is 3.56. The van der Waals surface area contributed by atoms with Gasteiger partial charge in [0.05, 0.1) is 12.8 Å². The average molecular weight is 137 g/mol. The highest BCUT2D eigenvalue weighted by atomic mass is 14.2. The summed E-state index contributed by atoms with van der Waals surface area (Å²) in [5.74, 6) is 1.52. The summed E-state index contributed by atoms with van der Waals surface area (Å²) in [5.41, 5.74) is 1.37. The van der Waals surface area contributed by atoms with Crippen molar-refractivity contribution in [2.75, 3.05) is 0 Å². The zero-order valence-electron chi connectivity index (χ0n) is 6.90. The Morgan fingerprint density at radius 1 is 1.30 bits per heavy atom. The average Bonchev–Trinajstić information content (AvgIpc) is 1.88. The van der Waals surface area contributed by atoms with Crippen molar-refractivity contribution in [1.29, 1.82) is 0 Å². The minimum Gasteiger partial charge on any atom is -0.0999 e. The van der Waals surface area contributed by atoms with Crippen LogP contribution in [0.4, 0.5) is 0 Å². The maximum Gasteiger partial charge on any atom is 0.0953 e. The molecule has 1 fully saturated rings. The Balaban J connectivity index is 2.33. The molecule has 0 saturated heterocycles. The highest BCUT2D eigenvalue weighted by Gasteiger charge is 2.21. The third-order valence-electron chi connectivity index (χ3n) is 2.54. The first-order valence-corrected chi connectivity index (χ1v) is 4.18. The van der Waals surface area contributed by atoms with Crippen LogP contribution in [0.3, 0.4) is 0 Å². The van der Waals surface area contributed by atoms with E-state index in [0.717, 1.165) is 11.8 Å². The van der Waals surface area contributed by atoms with E-state index >= 15 is 0 Å². The second kappa shape index (κ2) is 3.14. The summed E-state index contributed by atoms with van der Waals surface area (Å²) in [7, 11) is 0. The van der Waals surface area contributed by atoms with Gasteiger partial charge >= 0.3 is 0 Å². The first kappa shape index (κ1) is 7.71. The van der Waals surface area contributed by atoms with Crippen LogP contribution in [0, 0.1) is 18.8 Å². The molecule has 0 bridgehead atoms. The fourth-order valence-corrected chi connectivity index (χ4v) is 1.66. The van der Waals surface area contributed by atoms with E-state index in [9.17, 15) is 0 Å². The predicted octanol–water partition coefficient (Wildman–Crippen LogP) is 3.20. The Kier molecular flexibility index (Phi) is 2.42. The molecule has 0 nitrogen and oxygen atoms in total. The molecule has 0 aromatic carbocycles. The van der Waals surface area contributed by atoms with Gasteiger partial charge in [-0.05, 0) is 38.5 Å². The van der Waals surface area contributed by atoms with Gasteiger partial charge in [0.1, 0.15) is 0 Å². The summed E-state index contributed by atoms with van der Waals surface area (Å²) >= 11 is 0.